The lowest BCUT2D eigenvalue weighted by Crippen LogP contribution is -2.20. The molecule has 0 atom stereocenters. The van der Waals surface area contributed by atoms with Gasteiger partial charge in [-0.1, -0.05) is 15.9 Å². The van der Waals surface area contributed by atoms with E-state index >= 15 is 0 Å². The van der Waals surface area contributed by atoms with Gasteiger partial charge in [-0.15, -0.1) is 0 Å². The Morgan fingerprint density at radius 1 is 1.13 bits per heavy atom. The molecule has 2 aromatic carbocycles. The number of esters is 1. The number of nitrogens with one attached hydrogen (secondary N) is 1. The molecule has 0 aliphatic carbocycles. The SMILES string of the molecule is COc1cc(C(=O)OCCn2cccn2)ccc1OCC(=O)Nc1ccc(Br)cc1. The van der Waals surface area contributed by atoms with E-state index < -0.39 is 5.97 Å². The number of carbonyl (C=O) groups is 2. The molecular formula is C21H20BrN3O5. The lowest BCUT2D eigenvalue weighted by molar-refractivity contribution is -0.118. The number of aromatic nitrogens is 2. The third kappa shape index (κ3) is 6.08. The first-order valence-corrected chi connectivity index (χ1v) is 9.85. The summed E-state index contributed by atoms with van der Waals surface area (Å²) in [6.45, 7) is 0.446. The average Bonchev–Trinajstić information content (AvgIpc) is 3.27. The van der Waals surface area contributed by atoms with Crippen molar-refractivity contribution in [3.63, 3.8) is 0 Å². The smallest absolute Gasteiger partial charge is 0.338 e. The number of anilines is 1. The normalized spacial score (nSPS) is 10.3. The molecule has 9 heteroatoms. The van der Waals surface area contributed by atoms with Crippen LogP contribution in [0, 0.1) is 0 Å². The van der Waals surface area contributed by atoms with Crippen molar-refractivity contribution in [2.24, 2.45) is 0 Å². The molecule has 0 aliphatic rings. The van der Waals surface area contributed by atoms with E-state index in [1.165, 1.54) is 13.2 Å². The second kappa shape index (κ2) is 10.4. The second-order valence-electron chi connectivity index (χ2n) is 6.11. The van der Waals surface area contributed by atoms with Crippen LogP contribution in [0.25, 0.3) is 0 Å². The van der Waals surface area contributed by atoms with Gasteiger partial charge in [-0.05, 0) is 48.5 Å². The Kier molecular flexibility index (Phi) is 7.45. The van der Waals surface area contributed by atoms with Gasteiger partial charge in [-0.25, -0.2) is 4.79 Å². The Hall–Kier alpha value is -3.33. The number of nitrogens with zero attached hydrogens (tertiary/aromatic N) is 2. The molecule has 1 N–H and O–H groups in total. The number of carbonyl (C=O) groups excluding carboxylic acids is 2. The van der Waals surface area contributed by atoms with Gasteiger partial charge in [-0.2, -0.15) is 5.10 Å². The number of halogens is 1. The Balaban J connectivity index is 1.53. The monoisotopic (exact) mass is 473 g/mol. The van der Waals surface area contributed by atoms with Crippen molar-refractivity contribution in [3.05, 3.63) is 71.0 Å². The molecule has 0 saturated carbocycles. The Morgan fingerprint density at radius 3 is 2.63 bits per heavy atom. The minimum absolute atomic E-state index is 0.192. The molecular weight excluding hydrogens is 454 g/mol. The quantitative estimate of drug-likeness (QED) is 0.478. The van der Waals surface area contributed by atoms with Crippen molar-refractivity contribution >= 4 is 33.5 Å². The summed E-state index contributed by atoms with van der Waals surface area (Å²) < 4.78 is 18.7. The van der Waals surface area contributed by atoms with Gasteiger partial charge < -0.3 is 19.5 Å². The molecule has 3 rings (SSSR count). The molecule has 30 heavy (non-hydrogen) atoms. The number of hydrogen-bond acceptors (Lipinski definition) is 6. The van der Waals surface area contributed by atoms with Crippen molar-refractivity contribution < 1.29 is 23.8 Å². The topological polar surface area (TPSA) is 91.7 Å². The summed E-state index contributed by atoms with van der Waals surface area (Å²) in [6, 6.07) is 13.6. The lowest BCUT2D eigenvalue weighted by atomic mass is 10.2. The molecule has 0 spiro atoms. The number of ether oxygens (including phenoxy) is 3. The zero-order valence-electron chi connectivity index (χ0n) is 16.2. The van der Waals surface area contributed by atoms with Gasteiger partial charge in [0, 0.05) is 22.6 Å². The Morgan fingerprint density at radius 2 is 1.93 bits per heavy atom. The van der Waals surface area contributed by atoms with E-state index in [1.54, 1.807) is 47.4 Å². The Labute approximate surface area is 181 Å². The molecule has 0 bridgehead atoms. The maximum atomic E-state index is 12.2. The van der Waals surface area contributed by atoms with Crippen molar-refractivity contribution in [2.45, 2.75) is 6.54 Å². The van der Waals surface area contributed by atoms with Crippen LogP contribution in [-0.4, -0.2) is 42.0 Å². The highest BCUT2D eigenvalue weighted by atomic mass is 79.9. The van der Waals surface area contributed by atoms with E-state index in [-0.39, 0.29) is 19.1 Å². The first kappa shape index (κ1) is 21.4. The largest absolute Gasteiger partial charge is 0.493 e. The van der Waals surface area contributed by atoms with Gasteiger partial charge in [0.05, 0.1) is 19.2 Å². The third-order valence-electron chi connectivity index (χ3n) is 4.00. The van der Waals surface area contributed by atoms with Crippen LogP contribution in [0.1, 0.15) is 10.4 Å². The number of amides is 1. The second-order valence-corrected chi connectivity index (χ2v) is 7.03. The average molecular weight is 474 g/mol. The van der Waals surface area contributed by atoms with Crippen LogP contribution in [0.3, 0.4) is 0 Å². The molecule has 0 saturated heterocycles. The van der Waals surface area contributed by atoms with Gasteiger partial charge in [-0.3, -0.25) is 9.48 Å². The predicted octanol–water partition coefficient (Wildman–Crippen LogP) is 3.53. The number of hydrogen-bond donors (Lipinski definition) is 1. The first-order valence-electron chi connectivity index (χ1n) is 9.06. The van der Waals surface area contributed by atoms with Gasteiger partial charge >= 0.3 is 5.97 Å². The predicted molar refractivity (Wildman–Crippen MR) is 114 cm³/mol. The number of rotatable bonds is 9. The van der Waals surface area contributed by atoms with E-state index in [1.807, 2.05) is 12.1 Å². The molecule has 1 heterocycles. The van der Waals surface area contributed by atoms with Crippen LogP contribution in [-0.2, 0) is 16.1 Å². The van der Waals surface area contributed by atoms with Crippen LogP contribution in [0.4, 0.5) is 5.69 Å². The van der Waals surface area contributed by atoms with E-state index in [9.17, 15) is 9.59 Å². The minimum atomic E-state index is -0.486. The van der Waals surface area contributed by atoms with E-state index in [0.717, 1.165) is 4.47 Å². The molecule has 1 amide bonds. The fraction of sp³-hybridized carbons (Fsp3) is 0.190. The fourth-order valence-electron chi connectivity index (χ4n) is 2.54. The summed E-state index contributed by atoms with van der Waals surface area (Å²) in [6.07, 6.45) is 3.44. The summed E-state index contributed by atoms with van der Waals surface area (Å²) in [5.41, 5.74) is 0.978. The van der Waals surface area contributed by atoms with Crippen molar-refractivity contribution in [1.29, 1.82) is 0 Å². The van der Waals surface area contributed by atoms with Crippen molar-refractivity contribution in [3.8, 4) is 11.5 Å². The highest BCUT2D eigenvalue weighted by Gasteiger charge is 2.14. The van der Waals surface area contributed by atoms with E-state index in [2.05, 4.69) is 26.3 Å². The molecule has 0 radical (unpaired) electrons. The zero-order valence-corrected chi connectivity index (χ0v) is 17.8. The summed E-state index contributed by atoms with van der Waals surface area (Å²) >= 11 is 3.34. The van der Waals surface area contributed by atoms with Gasteiger partial charge in [0.15, 0.2) is 18.1 Å². The molecule has 0 fully saturated rings. The molecule has 0 unspecified atom stereocenters. The standard InChI is InChI=1S/C21H20BrN3O5/c1-28-19-13-15(21(27)29-12-11-25-10-2-9-23-25)3-8-18(19)30-14-20(26)24-17-6-4-16(22)5-7-17/h2-10,13H,11-12,14H2,1H3,(H,24,26). The van der Waals surface area contributed by atoms with Gasteiger partial charge in [0.2, 0.25) is 0 Å². The fourth-order valence-corrected chi connectivity index (χ4v) is 2.80. The van der Waals surface area contributed by atoms with Crippen LogP contribution in [0.2, 0.25) is 0 Å². The zero-order chi connectivity index (χ0) is 21.3. The maximum absolute atomic E-state index is 12.2. The van der Waals surface area contributed by atoms with Gasteiger partial charge in [0.1, 0.15) is 6.61 Å². The first-order chi connectivity index (χ1) is 14.5. The summed E-state index contributed by atoms with van der Waals surface area (Å²) in [5, 5.41) is 6.78. The minimum Gasteiger partial charge on any atom is -0.493 e. The lowest BCUT2D eigenvalue weighted by Gasteiger charge is -2.12. The molecule has 156 valence electrons. The Bertz CT molecular complexity index is 990. The molecule has 8 nitrogen and oxygen atoms in total. The molecule has 0 aliphatic heterocycles. The van der Waals surface area contributed by atoms with Crippen LogP contribution in [0.5, 0.6) is 11.5 Å². The molecule has 1 aromatic heterocycles. The molecule has 3 aromatic rings. The summed E-state index contributed by atoms with van der Waals surface area (Å²) in [7, 11) is 1.46. The highest BCUT2D eigenvalue weighted by Crippen LogP contribution is 2.28. The van der Waals surface area contributed by atoms with Crippen molar-refractivity contribution in [2.75, 3.05) is 25.6 Å². The van der Waals surface area contributed by atoms with Crippen LogP contribution in [0.15, 0.2) is 65.4 Å². The highest BCUT2D eigenvalue weighted by molar-refractivity contribution is 9.10. The maximum Gasteiger partial charge on any atom is 0.338 e. The summed E-state index contributed by atoms with van der Waals surface area (Å²) in [5.74, 6) is -0.133. The number of methoxy groups -OCH3 is 1. The van der Waals surface area contributed by atoms with E-state index in [0.29, 0.717) is 29.3 Å². The van der Waals surface area contributed by atoms with E-state index in [4.69, 9.17) is 14.2 Å². The van der Waals surface area contributed by atoms with Gasteiger partial charge in [0.25, 0.3) is 5.91 Å². The van der Waals surface area contributed by atoms with Crippen LogP contribution < -0.4 is 14.8 Å². The van der Waals surface area contributed by atoms with Crippen molar-refractivity contribution in [1.82, 2.24) is 9.78 Å². The number of benzene rings is 2. The van der Waals surface area contributed by atoms with Crippen LogP contribution >= 0.6 is 15.9 Å². The third-order valence-corrected chi connectivity index (χ3v) is 4.53. The summed E-state index contributed by atoms with van der Waals surface area (Å²) in [4.78, 5) is 24.3.